The van der Waals surface area contributed by atoms with Crippen LogP contribution in [0, 0.1) is 0 Å². The maximum absolute atomic E-state index is 12.8. The van der Waals surface area contributed by atoms with Crippen molar-refractivity contribution >= 4 is 17.9 Å². The van der Waals surface area contributed by atoms with Gasteiger partial charge >= 0.3 is 17.9 Å². The summed E-state index contributed by atoms with van der Waals surface area (Å²) in [6.07, 6.45) is 75.1. The van der Waals surface area contributed by atoms with Crippen LogP contribution < -0.4 is 0 Å². The summed E-state index contributed by atoms with van der Waals surface area (Å²) in [7, 11) is 0. The number of rotatable bonds is 49. The second kappa shape index (κ2) is 55.7. The Bertz CT molecular complexity index is 1410. The van der Waals surface area contributed by atoms with E-state index in [4.69, 9.17) is 14.2 Å². The van der Waals surface area contributed by atoms with Gasteiger partial charge in [-0.25, -0.2) is 0 Å². The smallest absolute Gasteiger partial charge is 0.306 e. The fraction of sp³-hybridized carbons (Fsp3) is 0.661. The SMILES string of the molecule is CC/C=C/C=C/C=C/C=C/CCCCCC(=O)OCC(COC(=O)CCCCCCCCCCC/C=C/C/C=C/C/C=C/CC)OC(=O)CCCCCCC/C=C/C=C/CCCCCCCCC. The first-order valence-electron chi connectivity index (χ1n) is 28.0. The number of allylic oxidation sites excluding steroid dienone is 18. The molecule has 0 aromatic carbocycles. The van der Waals surface area contributed by atoms with E-state index in [2.05, 4.69) is 93.7 Å². The number of unbranched alkanes of at least 4 members (excludes halogenated alkanes) is 24. The van der Waals surface area contributed by atoms with Crippen LogP contribution in [0.3, 0.4) is 0 Å². The summed E-state index contributed by atoms with van der Waals surface area (Å²) in [6, 6.07) is 0. The summed E-state index contributed by atoms with van der Waals surface area (Å²) >= 11 is 0. The van der Waals surface area contributed by atoms with E-state index in [0.717, 1.165) is 109 Å². The van der Waals surface area contributed by atoms with Gasteiger partial charge in [0.2, 0.25) is 0 Å². The molecule has 0 amide bonds. The first-order chi connectivity index (χ1) is 33.5. The molecule has 386 valence electrons. The molecule has 0 N–H and O–H groups in total. The van der Waals surface area contributed by atoms with Gasteiger partial charge in [0.1, 0.15) is 13.2 Å². The van der Waals surface area contributed by atoms with Gasteiger partial charge in [-0.3, -0.25) is 14.4 Å². The molecule has 6 nitrogen and oxygen atoms in total. The number of carbonyl (C=O) groups excluding carboxylic acids is 3. The van der Waals surface area contributed by atoms with E-state index in [-0.39, 0.29) is 31.1 Å². The van der Waals surface area contributed by atoms with Gasteiger partial charge in [-0.05, 0) is 96.3 Å². The third kappa shape index (κ3) is 53.0. The van der Waals surface area contributed by atoms with Gasteiger partial charge in [0, 0.05) is 19.3 Å². The molecule has 0 fully saturated rings. The summed E-state index contributed by atoms with van der Waals surface area (Å²) in [5, 5.41) is 0. The number of esters is 3. The maximum atomic E-state index is 12.8. The van der Waals surface area contributed by atoms with Crippen molar-refractivity contribution in [3.8, 4) is 0 Å². The Labute approximate surface area is 419 Å². The molecular weight excluding hydrogens is 841 g/mol. The Hall–Kier alpha value is -3.93. The molecule has 0 rings (SSSR count). The van der Waals surface area contributed by atoms with Crippen molar-refractivity contribution in [3.63, 3.8) is 0 Å². The molecule has 6 heteroatoms. The second-order valence-corrected chi connectivity index (χ2v) is 18.2. The van der Waals surface area contributed by atoms with Crippen LogP contribution in [-0.4, -0.2) is 37.2 Å². The zero-order chi connectivity index (χ0) is 49.3. The minimum atomic E-state index is -0.807. The van der Waals surface area contributed by atoms with Gasteiger partial charge in [-0.1, -0.05) is 239 Å². The molecule has 0 bridgehead atoms. The molecule has 0 heterocycles. The lowest BCUT2D eigenvalue weighted by molar-refractivity contribution is -0.167. The first kappa shape index (κ1) is 64.1. The number of hydrogen-bond donors (Lipinski definition) is 0. The summed E-state index contributed by atoms with van der Waals surface area (Å²) in [5.74, 6) is -0.963. The van der Waals surface area contributed by atoms with Gasteiger partial charge in [0.25, 0.3) is 0 Å². The molecule has 68 heavy (non-hydrogen) atoms. The monoisotopic (exact) mass is 943 g/mol. The van der Waals surface area contributed by atoms with Crippen LogP contribution >= 0.6 is 0 Å². The van der Waals surface area contributed by atoms with Crippen molar-refractivity contribution in [2.75, 3.05) is 13.2 Å². The lowest BCUT2D eigenvalue weighted by Crippen LogP contribution is -2.30. The van der Waals surface area contributed by atoms with Crippen LogP contribution in [0.4, 0.5) is 0 Å². The predicted molar refractivity (Wildman–Crippen MR) is 293 cm³/mol. The molecule has 1 unspecified atom stereocenters. The van der Waals surface area contributed by atoms with E-state index in [0.29, 0.717) is 19.3 Å². The lowest BCUT2D eigenvalue weighted by atomic mass is 10.1. The molecule has 0 saturated carbocycles. The van der Waals surface area contributed by atoms with Crippen LogP contribution in [0.25, 0.3) is 0 Å². The zero-order valence-electron chi connectivity index (χ0n) is 44.1. The minimum absolute atomic E-state index is 0.102. The fourth-order valence-corrected chi connectivity index (χ4v) is 7.46. The van der Waals surface area contributed by atoms with Crippen molar-refractivity contribution in [2.45, 2.75) is 252 Å². The van der Waals surface area contributed by atoms with Crippen LogP contribution in [0.1, 0.15) is 245 Å². The predicted octanol–water partition coefficient (Wildman–Crippen LogP) is 18.7. The highest BCUT2D eigenvalue weighted by atomic mass is 16.6. The largest absolute Gasteiger partial charge is 0.462 e. The normalized spacial score (nSPS) is 12.9. The minimum Gasteiger partial charge on any atom is -0.462 e. The Morgan fingerprint density at radius 2 is 0.647 bits per heavy atom. The molecule has 0 aliphatic rings. The number of ether oxygens (including phenoxy) is 3. The average Bonchev–Trinajstić information content (AvgIpc) is 3.34. The highest BCUT2D eigenvalue weighted by molar-refractivity contribution is 5.71. The quantitative estimate of drug-likeness (QED) is 0.0199. The highest BCUT2D eigenvalue weighted by Crippen LogP contribution is 2.14. The second-order valence-electron chi connectivity index (χ2n) is 18.2. The van der Waals surface area contributed by atoms with Gasteiger partial charge in [0.05, 0.1) is 0 Å². The van der Waals surface area contributed by atoms with Crippen LogP contribution in [0.2, 0.25) is 0 Å². The van der Waals surface area contributed by atoms with Crippen molar-refractivity contribution in [1.82, 2.24) is 0 Å². The van der Waals surface area contributed by atoms with E-state index in [1.807, 2.05) is 36.5 Å². The molecule has 0 spiro atoms. The number of carbonyl (C=O) groups is 3. The maximum Gasteiger partial charge on any atom is 0.306 e. The standard InChI is InChI=1S/C62H102O6/c1-4-7-10-13-16-19-22-25-27-29-31-33-34-37-40-43-46-49-52-55-61(64)67-58-59(57-66-60(63)54-51-48-45-42-39-36-24-21-18-15-12-9-6-3)68-62(65)56-53-50-47-44-41-38-35-32-30-28-26-23-20-17-14-11-8-5-2/h7,9-10,12,15-16,18-19,21,24-25,27-28,30,32,35-36,39,59H,4-6,8,11,13-14,17,20,22-23,26,29,31,33-34,37-38,40-58H2,1-3H3/b10-7+,12-9+,18-15+,19-16+,24-21+,27-25+,30-28+,35-32+,39-36+. The molecule has 0 saturated heterocycles. The lowest BCUT2D eigenvalue weighted by Gasteiger charge is -2.18. The van der Waals surface area contributed by atoms with Gasteiger partial charge in [-0.15, -0.1) is 0 Å². The van der Waals surface area contributed by atoms with Gasteiger partial charge < -0.3 is 14.2 Å². The molecule has 0 aromatic heterocycles. The Balaban J connectivity index is 4.45. The molecular formula is C62H102O6. The van der Waals surface area contributed by atoms with E-state index in [1.54, 1.807) is 0 Å². The van der Waals surface area contributed by atoms with E-state index >= 15 is 0 Å². The molecule has 0 aliphatic heterocycles. The summed E-state index contributed by atoms with van der Waals surface area (Å²) in [6.45, 7) is 6.33. The summed E-state index contributed by atoms with van der Waals surface area (Å²) in [4.78, 5) is 38.1. The number of hydrogen-bond acceptors (Lipinski definition) is 6. The molecule has 0 radical (unpaired) electrons. The van der Waals surface area contributed by atoms with Gasteiger partial charge in [0.15, 0.2) is 6.10 Å². The fourth-order valence-electron chi connectivity index (χ4n) is 7.46. The van der Waals surface area contributed by atoms with Gasteiger partial charge in [-0.2, -0.15) is 0 Å². The highest BCUT2D eigenvalue weighted by Gasteiger charge is 2.19. The molecule has 1 atom stereocenters. The Morgan fingerprint density at radius 1 is 0.324 bits per heavy atom. The van der Waals surface area contributed by atoms with Crippen molar-refractivity contribution in [2.24, 2.45) is 0 Å². The van der Waals surface area contributed by atoms with E-state index < -0.39 is 6.10 Å². The Kier molecular flexibility index (Phi) is 52.4. The average molecular weight is 943 g/mol. The zero-order valence-corrected chi connectivity index (χ0v) is 44.1. The Morgan fingerprint density at radius 3 is 1.10 bits per heavy atom. The summed E-state index contributed by atoms with van der Waals surface area (Å²) in [5.41, 5.74) is 0. The van der Waals surface area contributed by atoms with Crippen LogP contribution in [0.15, 0.2) is 109 Å². The third-order valence-electron chi connectivity index (χ3n) is 11.6. The van der Waals surface area contributed by atoms with E-state index in [9.17, 15) is 14.4 Å². The topological polar surface area (TPSA) is 78.9 Å². The van der Waals surface area contributed by atoms with Crippen LogP contribution in [-0.2, 0) is 28.6 Å². The van der Waals surface area contributed by atoms with Crippen molar-refractivity contribution in [1.29, 1.82) is 0 Å². The van der Waals surface area contributed by atoms with Crippen molar-refractivity contribution in [3.05, 3.63) is 109 Å². The summed E-state index contributed by atoms with van der Waals surface area (Å²) < 4.78 is 16.8. The van der Waals surface area contributed by atoms with Crippen molar-refractivity contribution < 1.29 is 28.6 Å². The van der Waals surface area contributed by atoms with E-state index in [1.165, 1.54) is 96.3 Å². The third-order valence-corrected chi connectivity index (χ3v) is 11.6. The molecule has 0 aromatic rings. The van der Waals surface area contributed by atoms with Crippen LogP contribution in [0.5, 0.6) is 0 Å². The first-order valence-corrected chi connectivity index (χ1v) is 28.0. The molecule has 0 aliphatic carbocycles.